The van der Waals surface area contributed by atoms with Gasteiger partial charge in [-0.3, -0.25) is 15.1 Å². The van der Waals surface area contributed by atoms with Crippen LogP contribution >= 0.6 is 11.6 Å². The molecule has 0 radical (unpaired) electrons. The van der Waals surface area contributed by atoms with Crippen molar-refractivity contribution in [3.05, 3.63) is 58.9 Å². The third-order valence-corrected chi connectivity index (χ3v) is 4.53. The van der Waals surface area contributed by atoms with Crippen LogP contribution in [0.15, 0.2) is 41.1 Å². The lowest BCUT2D eigenvalue weighted by Gasteiger charge is -2.09. The molecule has 148 valence electrons. The maximum Gasteiger partial charge on any atom is 0.309 e. The first-order valence-corrected chi connectivity index (χ1v) is 8.98. The quantitative estimate of drug-likeness (QED) is 0.468. The first-order valence-electron chi connectivity index (χ1n) is 8.60. The van der Waals surface area contributed by atoms with Crippen molar-refractivity contribution in [3.63, 3.8) is 0 Å². The van der Waals surface area contributed by atoms with Crippen LogP contribution < -0.4 is 19.8 Å². The van der Waals surface area contributed by atoms with Crippen molar-refractivity contribution in [1.82, 2.24) is 15.0 Å². The van der Waals surface area contributed by atoms with Gasteiger partial charge < -0.3 is 13.9 Å². The molecule has 9 nitrogen and oxygen atoms in total. The second kappa shape index (κ2) is 7.80. The Labute approximate surface area is 170 Å². The fraction of sp³-hybridized carbons (Fsp3) is 0.158. The van der Waals surface area contributed by atoms with Crippen molar-refractivity contribution in [1.29, 1.82) is 0 Å². The number of H-pyrrole nitrogens is 2. The number of nitrogens with one attached hydrogen (secondary N) is 3. The number of ether oxygens (including phenoxy) is 2. The Morgan fingerprint density at radius 3 is 2.90 bits per heavy atom. The average molecular weight is 415 g/mol. The Bertz CT molecular complexity index is 1190. The third-order valence-electron chi connectivity index (χ3n) is 4.25. The van der Waals surface area contributed by atoms with Gasteiger partial charge in [0.2, 0.25) is 5.52 Å². The minimum Gasteiger partial charge on any atom is -0.497 e. The van der Waals surface area contributed by atoms with Gasteiger partial charge in [0.15, 0.2) is 17.2 Å². The molecule has 3 N–H and O–H groups in total. The Morgan fingerprint density at radius 1 is 1.24 bits per heavy atom. The minimum absolute atomic E-state index is 0.0655. The molecule has 0 unspecified atom stereocenters. The van der Waals surface area contributed by atoms with Crippen LogP contribution in [0.4, 0.5) is 5.95 Å². The fourth-order valence-corrected chi connectivity index (χ4v) is 3.09. The van der Waals surface area contributed by atoms with Crippen molar-refractivity contribution in [2.75, 3.05) is 19.5 Å². The lowest BCUT2D eigenvalue weighted by Crippen LogP contribution is -2.14. The molecule has 10 heteroatoms. The Kier molecular flexibility index (Phi) is 5.05. The summed E-state index contributed by atoms with van der Waals surface area (Å²) in [5.74, 6) is 1.70. The van der Waals surface area contributed by atoms with E-state index in [4.69, 9.17) is 25.5 Å². The second-order valence-corrected chi connectivity index (χ2v) is 6.43. The topological polar surface area (TPSA) is 116 Å². The Hall–Kier alpha value is -3.59. The number of imidazole rings is 1. The van der Waals surface area contributed by atoms with Crippen LogP contribution in [0.2, 0.25) is 5.15 Å². The summed E-state index contributed by atoms with van der Waals surface area (Å²) >= 11 is 6.08. The van der Waals surface area contributed by atoms with Crippen LogP contribution in [0.5, 0.6) is 11.5 Å². The number of amides is 1. The van der Waals surface area contributed by atoms with Gasteiger partial charge in [-0.15, -0.1) is 0 Å². The molecular formula is C19H17ClN5O4+. The van der Waals surface area contributed by atoms with E-state index in [0.29, 0.717) is 34.8 Å². The predicted octanol–water partition coefficient (Wildman–Crippen LogP) is 2.88. The molecule has 0 aliphatic rings. The van der Waals surface area contributed by atoms with E-state index in [-0.39, 0.29) is 16.9 Å². The standard InChI is InChI=1S/C19H16ClN5O4/c1-27-11-3-5-13(28-2)10(7-11)8-12-4-6-14(29-12)18(26)25-19-23-16(20)15-17(24-19)22-9-21-15/h3-7,9H,8H2,1-2H3,(H2,21,22,23,24,25,26)/p+1. The van der Waals surface area contributed by atoms with Gasteiger partial charge in [-0.25, -0.2) is 4.98 Å². The number of benzene rings is 1. The van der Waals surface area contributed by atoms with Crippen molar-refractivity contribution in [3.8, 4) is 11.5 Å². The van der Waals surface area contributed by atoms with Gasteiger partial charge >= 0.3 is 11.6 Å². The Morgan fingerprint density at radius 2 is 2.10 bits per heavy atom. The zero-order valence-corrected chi connectivity index (χ0v) is 16.3. The molecule has 0 fully saturated rings. The lowest BCUT2D eigenvalue weighted by molar-refractivity contribution is -0.347. The number of fused-ring (bicyclic) bond motifs is 1. The van der Waals surface area contributed by atoms with Crippen LogP contribution in [0.1, 0.15) is 21.9 Å². The molecule has 3 heterocycles. The average Bonchev–Trinajstić information content (AvgIpc) is 3.37. The van der Waals surface area contributed by atoms with E-state index >= 15 is 0 Å². The molecule has 1 amide bonds. The van der Waals surface area contributed by atoms with E-state index in [2.05, 4.69) is 25.3 Å². The highest BCUT2D eigenvalue weighted by Crippen LogP contribution is 2.27. The lowest BCUT2D eigenvalue weighted by atomic mass is 10.1. The summed E-state index contributed by atoms with van der Waals surface area (Å²) in [4.78, 5) is 26.5. The largest absolute Gasteiger partial charge is 0.497 e. The summed E-state index contributed by atoms with van der Waals surface area (Å²) in [6.07, 6.45) is 2.00. The van der Waals surface area contributed by atoms with Crippen molar-refractivity contribution < 1.29 is 23.7 Å². The van der Waals surface area contributed by atoms with E-state index in [9.17, 15) is 4.79 Å². The van der Waals surface area contributed by atoms with Crippen LogP contribution in [-0.4, -0.2) is 35.1 Å². The third kappa shape index (κ3) is 3.85. The van der Waals surface area contributed by atoms with E-state index in [1.54, 1.807) is 32.7 Å². The molecule has 0 aliphatic carbocycles. The first-order chi connectivity index (χ1) is 14.1. The summed E-state index contributed by atoms with van der Waals surface area (Å²) in [6.45, 7) is 0. The van der Waals surface area contributed by atoms with Crippen molar-refractivity contribution in [2.45, 2.75) is 6.42 Å². The molecule has 0 spiro atoms. The first kappa shape index (κ1) is 18.8. The van der Waals surface area contributed by atoms with Crippen molar-refractivity contribution >= 4 is 34.6 Å². The van der Waals surface area contributed by atoms with E-state index in [1.807, 2.05) is 18.2 Å². The smallest absolute Gasteiger partial charge is 0.309 e. The van der Waals surface area contributed by atoms with E-state index < -0.39 is 5.91 Å². The normalized spacial score (nSPS) is 10.9. The second-order valence-electron chi connectivity index (χ2n) is 6.07. The van der Waals surface area contributed by atoms with Crippen molar-refractivity contribution in [2.24, 2.45) is 0 Å². The number of carbonyl (C=O) groups is 1. The van der Waals surface area contributed by atoms with Crippen LogP contribution in [-0.2, 0) is 6.42 Å². The molecule has 4 rings (SSSR count). The number of methoxy groups -OCH3 is 2. The number of nitrogens with zero attached hydrogens (tertiary/aromatic N) is 2. The highest BCUT2D eigenvalue weighted by Gasteiger charge is 2.19. The summed E-state index contributed by atoms with van der Waals surface area (Å²) in [7, 11) is 3.19. The molecule has 0 bridgehead atoms. The number of hydrogen-bond donors (Lipinski definition) is 2. The zero-order chi connectivity index (χ0) is 20.4. The number of aromatic nitrogens is 4. The van der Waals surface area contributed by atoms with Crippen LogP contribution in [0.3, 0.4) is 0 Å². The van der Waals surface area contributed by atoms with Gasteiger partial charge in [0.1, 0.15) is 17.3 Å². The SMILES string of the molecule is COc1ccc(OC)c(Cc2ccc(C(=O)Nc3nc(Cl)c4[nH]c[nH+]c4n3)o2)c1. The predicted molar refractivity (Wildman–Crippen MR) is 104 cm³/mol. The van der Waals surface area contributed by atoms with Gasteiger partial charge in [0, 0.05) is 12.0 Å². The van der Waals surface area contributed by atoms with E-state index in [0.717, 1.165) is 5.56 Å². The number of furan rings is 1. The van der Waals surface area contributed by atoms with Gasteiger partial charge in [-0.1, -0.05) is 16.6 Å². The molecule has 1 aromatic carbocycles. The number of anilines is 1. The van der Waals surface area contributed by atoms with Gasteiger partial charge in [-0.2, -0.15) is 4.98 Å². The summed E-state index contributed by atoms with van der Waals surface area (Å²) in [6, 6.07) is 8.80. The Balaban J connectivity index is 1.52. The summed E-state index contributed by atoms with van der Waals surface area (Å²) in [5, 5.41) is 2.77. The molecule has 3 aromatic heterocycles. The van der Waals surface area contributed by atoms with Crippen LogP contribution in [0, 0.1) is 0 Å². The fourth-order valence-electron chi connectivity index (χ4n) is 2.86. The summed E-state index contributed by atoms with van der Waals surface area (Å²) in [5.41, 5.74) is 1.90. The molecule has 0 atom stereocenters. The highest BCUT2D eigenvalue weighted by atomic mass is 35.5. The maximum atomic E-state index is 12.5. The molecule has 29 heavy (non-hydrogen) atoms. The number of rotatable bonds is 6. The monoisotopic (exact) mass is 414 g/mol. The minimum atomic E-state index is -0.486. The number of hydrogen-bond acceptors (Lipinski definition) is 6. The molecular weight excluding hydrogens is 398 g/mol. The molecule has 0 aliphatic heterocycles. The molecule has 0 saturated heterocycles. The van der Waals surface area contributed by atoms with Gasteiger partial charge in [-0.05, 0) is 30.3 Å². The summed E-state index contributed by atoms with van der Waals surface area (Å²) < 4.78 is 16.3. The van der Waals surface area contributed by atoms with E-state index in [1.165, 1.54) is 0 Å². The maximum absolute atomic E-state index is 12.5. The number of halogens is 1. The number of aromatic amines is 2. The molecule has 0 saturated carbocycles. The van der Waals surface area contributed by atoms with Crippen LogP contribution in [0.25, 0.3) is 11.2 Å². The van der Waals surface area contributed by atoms with Gasteiger partial charge in [0.25, 0.3) is 5.91 Å². The van der Waals surface area contributed by atoms with Gasteiger partial charge in [0.05, 0.1) is 14.2 Å². The zero-order valence-electron chi connectivity index (χ0n) is 15.6. The molecule has 4 aromatic rings. The number of carbonyl (C=O) groups excluding carboxylic acids is 1. The highest BCUT2D eigenvalue weighted by molar-refractivity contribution is 6.33.